The molecule has 0 aliphatic rings. The zero-order valence-electron chi connectivity index (χ0n) is 31.0. The summed E-state index contributed by atoms with van der Waals surface area (Å²) in [5.41, 5.74) is 7.21. The minimum Gasteiger partial charge on any atom is -0.387 e. The first kappa shape index (κ1) is 41.1. The molecule has 0 fully saturated rings. The van der Waals surface area contributed by atoms with Crippen LogP contribution < -0.4 is 10.6 Å². The molecule has 2 aromatic rings. The standard InChI is InChI=1S/C43H65N3OS/c1-9-33(3)40(32-44-10-2)39-29-25-37(26-30-39)21-17-15-19-31-45-34(4)42(43(6,7)8)46-41(47)22-18-14-12-11-13-16-20-36-23-27-38(28-24-36)35(5)48/h10,23-30,32-33,42,45,48H,4-5,9,11-22,31H2,1-3,6-8H3,(H,46,47)/b40-32+,44-10?. The highest BCUT2D eigenvalue weighted by Gasteiger charge is 2.28. The van der Waals surface area contributed by atoms with Gasteiger partial charge in [-0.05, 0) is 91.0 Å². The fraction of sp³-hybridized carbons (Fsp3) is 0.535. The van der Waals surface area contributed by atoms with Gasteiger partial charge in [-0.1, -0.05) is 128 Å². The Morgan fingerprint density at radius 2 is 1.35 bits per heavy atom. The van der Waals surface area contributed by atoms with Gasteiger partial charge in [0.1, 0.15) is 0 Å². The van der Waals surface area contributed by atoms with Gasteiger partial charge in [0, 0.05) is 36.0 Å². The quantitative estimate of drug-likeness (QED) is 0.0625. The van der Waals surface area contributed by atoms with Gasteiger partial charge in [-0.2, -0.15) is 0 Å². The number of hydrogen-bond donors (Lipinski definition) is 3. The highest BCUT2D eigenvalue weighted by Crippen LogP contribution is 2.27. The van der Waals surface area contributed by atoms with E-state index in [9.17, 15) is 4.79 Å². The molecular weight excluding hydrogens is 607 g/mol. The summed E-state index contributed by atoms with van der Waals surface area (Å²) in [6.45, 7) is 22.0. The number of unbranched alkanes of at least 4 members (excludes halogenated alkanes) is 7. The number of carbonyl (C=O) groups excluding carboxylic acids is 1. The summed E-state index contributed by atoms with van der Waals surface area (Å²) >= 11 is 4.31. The minimum absolute atomic E-state index is 0.0965. The molecule has 2 rings (SSSR count). The fourth-order valence-corrected chi connectivity index (χ4v) is 6.10. The van der Waals surface area contributed by atoms with Crippen LogP contribution in [0.5, 0.6) is 0 Å². The second-order valence-electron chi connectivity index (χ2n) is 14.4. The van der Waals surface area contributed by atoms with Gasteiger partial charge in [0.2, 0.25) is 5.91 Å². The molecule has 2 aromatic carbocycles. The van der Waals surface area contributed by atoms with Crippen molar-refractivity contribution >= 4 is 35.2 Å². The molecule has 2 unspecified atom stereocenters. The molecule has 0 aliphatic carbocycles. The number of aryl methyl sites for hydroxylation is 2. The van der Waals surface area contributed by atoms with E-state index in [1.54, 1.807) is 0 Å². The van der Waals surface area contributed by atoms with Crippen molar-refractivity contribution in [2.45, 2.75) is 131 Å². The first-order valence-electron chi connectivity index (χ1n) is 18.4. The Bertz CT molecular complexity index is 1300. The van der Waals surface area contributed by atoms with Crippen molar-refractivity contribution in [2.75, 3.05) is 6.54 Å². The summed E-state index contributed by atoms with van der Waals surface area (Å²) in [6.07, 6.45) is 18.0. The number of aliphatic imine (C=N–C) groups is 1. The van der Waals surface area contributed by atoms with E-state index in [0.29, 0.717) is 12.3 Å². The van der Waals surface area contributed by atoms with E-state index in [1.807, 2.05) is 19.3 Å². The lowest BCUT2D eigenvalue weighted by Gasteiger charge is -2.33. The van der Waals surface area contributed by atoms with Crippen LogP contribution in [0.3, 0.4) is 0 Å². The van der Waals surface area contributed by atoms with Gasteiger partial charge in [-0.15, -0.1) is 12.6 Å². The maximum Gasteiger partial charge on any atom is 0.220 e. The maximum absolute atomic E-state index is 12.9. The molecule has 0 saturated heterocycles. The van der Waals surface area contributed by atoms with Gasteiger partial charge in [-0.25, -0.2) is 0 Å². The summed E-state index contributed by atoms with van der Waals surface area (Å²) in [5.74, 6) is 0.612. The molecule has 0 radical (unpaired) electrons. The Labute approximate surface area is 299 Å². The number of allylic oxidation sites excluding steroid dienone is 1. The number of nitrogens with one attached hydrogen (secondary N) is 2. The van der Waals surface area contributed by atoms with Crippen LogP contribution in [0.1, 0.15) is 134 Å². The van der Waals surface area contributed by atoms with E-state index in [2.05, 4.69) is 125 Å². The van der Waals surface area contributed by atoms with Crippen molar-refractivity contribution in [1.29, 1.82) is 0 Å². The van der Waals surface area contributed by atoms with E-state index in [-0.39, 0.29) is 17.4 Å². The molecule has 0 spiro atoms. The molecular formula is C43H65N3OS. The Kier molecular flexibility index (Phi) is 19.3. The third-order valence-electron chi connectivity index (χ3n) is 9.21. The molecule has 2 atom stereocenters. The molecule has 0 aliphatic heterocycles. The monoisotopic (exact) mass is 671 g/mol. The van der Waals surface area contributed by atoms with Crippen molar-refractivity contribution in [3.8, 4) is 0 Å². The summed E-state index contributed by atoms with van der Waals surface area (Å²) in [7, 11) is 0. The third-order valence-corrected chi connectivity index (χ3v) is 9.47. The second kappa shape index (κ2) is 22.6. The summed E-state index contributed by atoms with van der Waals surface area (Å²) in [5, 5.41) is 6.81. The molecule has 0 aromatic heterocycles. The van der Waals surface area contributed by atoms with Gasteiger partial charge >= 0.3 is 0 Å². The Balaban J connectivity index is 1.62. The number of nitrogens with zero attached hydrogens (tertiary/aromatic N) is 1. The predicted molar refractivity (Wildman–Crippen MR) is 215 cm³/mol. The molecule has 1 amide bonds. The Morgan fingerprint density at radius 3 is 1.88 bits per heavy atom. The lowest BCUT2D eigenvalue weighted by Crippen LogP contribution is -2.48. The molecule has 0 saturated carbocycles. The molecule has 5 heteroatoms. The van der Waals surface area contributed by atoms with E-state index < -0.39 is 0 Å². The van der Waals surface area contributed by atoms with E-state index in [4.69, 9.17) is 0 Å². The molecule has 0 heterocycles. The second-order valence-corrected chi connectivity index (χ2v) is 14.9. The van der Waals surface area contributed by atoms with Crippen LogP contribution >= 0.6 is 12.6 Å². The van der Waals surface area contributed by atoms with Crippen LogP contribution in [0.15, 0.2) is 78.6 Å². The lowest BCUT2D eigenvalue weighted by atomic mass is 9.84. The summed E-state index contributed by atoms with van der Waals surface area (Å²) in [4.78, 5) is 18.1. The molecule has 4 nitrogen and oxygen atoms in total. The van der Waals surface area contributed by atoms with Gasteiger partial charge in [-0.3, -0.25) is 9.79 Å². The van der Waals surface area contributed by atoms with Crippen LogP contribution in [0.2, 0.25) is 0 Å². The number of hydrogen-bond acceptors (Lipinski definition) is 4. The van der Waals surface area contributed by atoms with Crippen molar-refractivity contribution in [1.82, 2.24) is 10.6 Å². The van der Waals surface area contributed by atoms with Gasteiger partial charge in [0.25, 0.3) is 0 Å². The number of thiol groups is 1. The zero-order valence-corrected chi connectivity index (χ0v) is 31.9. The van der Waals surface area contributed by atoms with Crippen molar-refractivity contribution < 1.29 is 4.79 Å². The fourth-order valence-electron chi connectivity index (χ4n) is 5.95. The number of amides is 1. The first-order valence-corrected chi connectivity index (χ1v) is 18.9. The largest absolute Gasteiger partial charge is 0.387 e. The van der Waals surface area contributed by atoms with Crippen molar-refractivity contribution in [3.05, 3.63) is 95.8 Å². The normalized spacial score (nSPS) is 13.4. The number of rotatable bonds is 23. The maximum atomic E-state index is 12.9. The van der Waals surface area contributed by atoms with E-state index in [1.165, 1.54) is 47.9 Å². The topological polar surface area (TPSA) is 53.5 Å². The molecule has 0 bridgehead atoms. The third kappa shape index (κ3) is 15.9. The van der Waals surface area contributed by atoms with Gasteiger partial charge in [0.15, 0.2) is 0 Å². The first-order chi connectivity index (χ1) is 23.0. The van der Waals surface area contributed by atoms with Crippen LogP contribution in [-0.2, 0) is 17.6 Å². The van der Waals surface area contributed by atoms with Crippen LogP contribution in [-0.4, -0.2) is 24.7 Å². The van der Waals surface area contributed by atoms with Crippen LogP contribution in [0.4, 0.5) is 0 Å². The van der Waals surface area contributed by atoms with Crippen LogP contribution in [0.25, 0.3) is 10.5 Å². The van der Waals surface area contributed by atoms with Crippen molar-refractivity contribution in [2.24, 2.45) is 16.3 Å². The average molecular weight is 672 g/mol. The summed E-state index contributed by atoms with van der Waals surface area (Å²) in [6, 6.07) is 17.5. The Hall–Kier alpha value is -3.05. The van der Waals surface area contributed by atoms with Crippen LogP contribution in [0, 0.1) is 11.3 Å². The lowest BCUT2D eigenvalue weighted by molar-refractivity contribution is -0.122. The highest BCUT2D eigenvalue weighted by atomic mass is 32.1. The number of carbonyl (C=O) groups is 1. The predicted octanol–water partition coefficient (Wildman–Crippen LogP) is 11.4. The van der Waals surface area contributed by atoms with E-state index in [0.717, 1.165) is 74.1 Å². The average Bonchev–Trinajstić information content (AvgIpc) is 3.06. The molecule has 48 heavy (non-hydrogen) atoms. The van der Waals surface area contributed by atoms with Gasteiger partial charge in [0.05, 0.1) is 6.04 Å². The molecule has 264 valence electrons. The summed E-state index contributed by atoms with van der Waals surface area (Å²) < 4.78 is 0. The zero-order chi connectivity index (χ0) is 35.4. The highest BCUT2D eigenvalue weighted by molar-refractivity contribution is 7.90. The van der Waals surface area contributed by atoms with Gasteiger partial charge < -0.3 is 10.6 Å². The SMILES string of the molecule is C=C(S)c1ccc(CCCCCCCCC(=O)NC(C(=C)NCCCCCc2ccc(/C(=C/N=CC)C(C)CC)cc2)C(C)(C)C)cc1. The van der Waals surface area contributed by atoms with Crippen molar-refractivity contribution in [3.63, 3.8) is 0 Å². The Morgan fingerprint density at radius 1 is 0.833 bits per heavy atom. The molecule has 2 N–H and O–H groups in total. The smallest absolute Gasteiger partial charge is 0.220 e. The minimum atomic E-state index is -0.111. The number of benzene rings is 2. The van der Waals surface area contributed by atoms with E-state index >= 15 is 0 Å².